The molecule has 1 aliphatic heterocycles. The van der Waals surface area contributed by atoms with Crippen molar-refractivity contribution in [1.29, 1.82) is 5.26 Å². The second kappa shape index (κ2) is 6.58. The van der Waals surface area contributed by atoms with Gasteiger partial charge in [-0.15, -0.1) is 0 Å². The summed E-state index contributed by atoms with van der Waals surface area (Å²) in [4.78, 5) is 12.6. The van der Waals surface area contributed by atoms with E-state index in [-0.39, 0.29) is 11.8 Å². The van der Waals surface area contributed by atoms with Gasteiger partial charge < -0.3 is 10.5 Å². The van der Waals surface area contributed by atoms with Crippen LogP contribution in [0.15, 0.2) is 60.0 Å². The van der Waals surface area contributed by atoms with Crippen LogP contribution in [0.25, 0.3) is 10.9 Å². The van der Waals surface area contributed by atoms with Crippen molar-refractivity contribution in [2.24, 2.45) is 5.73 Å². The number of nitriles is 1. The van der Waals surface area contributed by atoms with Crippen molar-refractivity contribution >= 4 is 16.8 Å². The van der Waals surface area contributed by atoms with Crippen molar-refractivity contribution in [3.05, 3.63) is 76.8 Å². The zero-order chi connectivity index (χ0) is 20.0. The molecule has 0 saturated carbocycles. The lowest BCUT2D eigenvalue weighted by atomic mass is 9.86. The highest BCUT2D eigenvalue weighted by Crippen LogP contribution is 2.47. The molecule has 28 heavy (non-hydrogen) atoms. The number of ether oxygens (including phenoxy) is 1. The molecule has 1 atom stereocenters. The molecule has 5 heteroatoms. The topological polar surface area (TPSA) is 81.0 Å². The van der Waals surface area contributed by atoms with E-state index in [0.717, 1.165) is 16.5 Å². The summed E-state index contributed by atoms with van der Waals surface area (Å²) >= 11 is 0. The van der Waals surface area contributed by atoms with Gasteiger partial charge in [-0.25, -0.2) is 0 Å². The summed E-state index contributed by atoms with van der Waals surface area (Å²) in [6.45, 7) is 5.78. The van der Waals surface area contributed by atoms with Crippen LogP contribution < -0.4 is 10.5 Å². The molecule has 140 valence electrons. The van der Waals surface area contributed by atoms with Crippen LogP contribution in [0.5, 0.6) is 5.75 Å². The minimum Gasteiger partial charge on any atom is -0.438 e. The van der Waals surface area contributed by atoms with E-state index in [1.54, 1.807) is 4.57 Å². The third-order valence-electron chi connectivity index (χ3n) is 5.27. The van der Waals surface area contributed by atoms with Crippen LogP contribution in [0, 0.1) is 11.3 Å². The predicted octanol–water partition coefficient (Wildman–Crippen LogP) is 4.64. The lowest BCUT2D eigenvalue weighted by Gasteiger charge is -2.26. The third-order valence-corrected chi connectivity index (χ3v) is 5.27. The van der Waals surface area contributed by atoms with Crippen LogP contribution in [0.2, 0.25) is 0 Å². The zero-order valence-electron chi connectivity index (χ0n) is 16.1. The average Bonchev–Trinajstić information content (AvgIpc) is 3.01. The fourth-order valence-corrected chi connectivity index (χ4v) is 3.90. The first-order valence-corrected chi connectivity index (χ1v) is 9.25. The van der Waals surface area contributed by atoms with Crippen molar-refractivity contribution < 1.29 is 9.53 Å². The Hall–Kier alpha value is -3.52. The van der Waals surface area contributed by atoms with Gasteiger partial charge in [-0.05, 0) is 29.2 Å². The Kier molecular flexibility index (Phi) is 4.20. The number of para-hydroxylation sites is 1. The number of allylic oxidation sites excluding steroid dienone is 1. The molecule has 3 aromatic rings. The maximum absolute atomic E-state index is 12.6. The molecular formula is C23H21N3O2. The molecule has 1 aliphatic rings. The van der Waals surface area contributed by atoms with E-state index in [1.807, 2.05) is 36.4 Å². The van der Waals surface area contributed by atoms with E-state index in [0.29, 0.717) is 22.9 Å². The Labute approximate surface area is 163 Å². The third kappa shape index (κ3) is 2.57. The number of rotatable bonds is 2. The smallest absolute Gasteiger partial charge is 0.228 e. The van der Waals surface area contributed by atoms with Gasteiger partial charge in [0.05, 0.1) is 17.1 Å². The molecule has 0 aliphatic carbocycles. The molecular weight excluding hydrogens is 350 g/mol. The van der Waals surface area contributed by atoms with E-state index in [4.69, 9.17) is 10.5 Å². The van der Waals surface area contributed by atoms with Gasteiger partial charge in [-0.2, -0.15) is 5.26 Å². The van der Waals surface area contributed by atoms with Crippen LogP contribution >= 0.6 is 0 Å². The fourth-order valence-electron chi connectivity index (χ4n) is 3.90. The summed E-state index contributed by atoms with van der Waals surface area (Å²) in [6.07, 6.45) is 0. The minimum atomic E-state index is -0.466. The van der Waals surface area contributed by atoms with Crippen molar-refractivity contribution in [2.45, 2.75) is 32.6 Å². The molecule has 2 heterocycles. The molecule has 0 bridgehead atoms. The second-order valence-corrected chi connectivity index (χ2v) is 7.33. The predicted molar refractivity (Wildman–Crippen MR) is 108 cm³/mol. The van der Waals surface area contributed by atoms with Crippen LogP contribution in [0.3, 0.4) is 0 Å². The van der Waals surface area contributed by atoms with Gasteiger partial charge >= 0.3 is 0 Å². The minimum absolute atomic E-state index is 0.0828. The summed E-state index contributed by atoms with van der Waals surface area (Å²) in [5, 5.41) is 10.6. The molecule has 2 N–H and O–H groups in total. The van der Waals surface area contributed by atoms with Crippen LogP contribution in [0.1, 0.15) is 54.2 Å². The van der Waals surface area contributed by atoms with Crippen molar-refractivity contribution in [1.82, 2.24) is 4.57 Å². The monoisotopic (exact) mass is 371 g/mol. The van der Waals surface area contributed by atoms with Gasteiger partial charge in [0.2, 0.25) is 11.8 Å². The van der Waals surface area contributed by atoms with Crippen molar-refractivity contribution in [3.63, 3.8) is 0 Å². The normalized spacial score (nSPS) is 16.0. The lowest BCUT2D eigenvalue weighted by molar-refractivity contribution is 0.0937. The first-order valence-electron chi connectivity index (χ1n) is 9.25. The largest absolute Gasteiger partial charge is 0.438 e. The lowest BCUT2D eigenvalue weighted by Crippen LogP contribution is -2.24. The molecule has 2 aromatic carbocycles. The molecule has 4 rings (SSSR count). The Morgan fingerprint density at radius 1 is 1.18 bits per heavy atom. The molecule has 0 fully saturated rings. The fraction of sp³-hybridized carbons (Fsp3) is 0.217. The maximum Gasteiger partial charge on any atom is 0.228 e. The Morgan fingerprint density at radius 3 is 2.46 bits per heavy atom. The second-order valence-electron chi connectivity index (χ2n) is 7.33. The first-order chi connectivity index (χ1) is 13.4. The average molecular weight is 371 g/mol. The Morgan fingerprint density at radius 2 is 1.86 bits per heavy atom. The first kappa shape index (κ1) is 17.9. The number of hydrogen-bond donors (Lipinski definition) is 1. The molecule has 0 amide bonds. The van der Waals surface area contributed by atoms with Gasteiger partial charge in [0.25, 0.3) is 0 Å². The highest BCUT2D eigenvalue weighted by molar-refractivity contribution is 5.98. The quantitative estimate of drug-likeness (QED) is 0.711. The van der Waals surface area contributed by atoms with Crippen LogP contribution in [-0.2, 0) is 0 Å². The summed E-state index contributed by atoms with van der Waals surface area (Å²) < 4.78 is 7.49. The standard InChI is InChI=1S/C23H21N3O2/c1-13(2)15-8-10-16(11-9-15)20-18(12-24)23(25)28-22-17-6-4-5-7-19(17)26(14(3)27)21(20)22/h4-11,13,20H,25H2,1-3H3/t20-/m1/s1. The Balaban J connectivity index is 2.03. The number of nitrogens with two attached hydrogens (primary N) is 1. The number of aromatic nitrogens is 1. The summed E-state index contributed by atoms with van der Waals surface area (Å²) in [6, 6.07) is 17.9. The van der Waals surface area contributed by atoms with Crippen LogP contribution in [0.4, 0.5) is 0 Å². The van der Waals surface area contributed by atoms with E-state index < -0.39 is 5.92 Å². The van der Waals surface area contributed by atoms with Crippen molar-refractivity contribution in [2.75, 3.05) is 0 Å². The Bertz CT molecular complexity index is 1160. The van der Waals surface area contributed by atoms with Gasteiger partial charge in [0.1, 0.15) is 11.6 Å². The molecule has 0 radical (unpaired) electrons. The summed E-state index contributed by atoms with van der Waals surface area (Å²) in [5.74, 6) is 0.424. The zero-order valence-corrected chi connectivity index (χ0v) is 16.1. The van der Waals surface area contributed by atoms with E-state index >= 15 is 0 Å². The van der Waals surface area contributed by atoms with Gasteiger partial charge in [0, 0.05) is 12.3 Å². The number of carbonyl (C=O) groups excluding carboxylic acids is 1. The molecule has 5 nitrogen and oxygen atoms in total. The highest BCUT2D eigenvalue weighted by Gasteiger charge is 2.36. The van der Waals surface area contributed by atoms with E-state index in [9.17, 15) is 10.1 Å². The maximum atomic E-state index is 12.6. The SMILES string of the molecule is CC(=O)n1c2c(c3ccccc31)OC(N)=C(C#N)[C@H]2c1ccc(C(C)C)cc1. The van der Waals surface area contributed by atoms with Gasteiger partial charge in [-0.3, -0.25) is 9.36 Å². The number of carbonyl (C=O) groups is 1. The number of benzene rings is 2. The number of nitrogens with zero attached hydrogens (tertiary/aromatic N) is 2. The molecule has 1 aromatic heterocycles. The van der Waals surface area contributed by atoms with Crippen molar-refractivity contribution in [3.8, 4) is 11.8 Å². The molecule has 0 unspecified atom stereocenters. The molecule has 0 saturated heterocycles. The van der Waals surface area contributed by atoms with E-state index in [1.165, 1.54) is 12.5 Å². The number of hydrogen-bond acceptors (Lipinski definition) is 4. The van der Waals surface area contributed by atoms with Gasteiger partial charge in [-0.1, -0.05) is 50.2 Å². The highest BCUT2D eigenvalue weighted by atomic mass is 16.5. The summed E-state index contributed by atoms with van der Waals surface area (Å²) in [5.41, 5.74) is 9.95. The molecule has 0 spiro atoms. The van der Waals surface area contributed by atoms with Crippen LogP contribution in [-0.4, -0.2) is 10.5 Å². The van der Waals surface area contributed by atoms with E-state index in [2.05, 4.69) is 32.0 Å². The summed E-state index contributed by atoms with van der Waals surface area (Å²) in [7, 11) is 0. The number of fused-ring (bicyclic) bond motifs is 3. The van der Waals surface area contributed by atoms with Gasteiger partial charge in [0.15, 0.2) is 5.75 Å².